The highest BCUT2D eigenvalue weighted by Gasteiger charge is 2.34. The summed E-state index contributed by atoms with van der Waals surface area (Å²) in [6, 6.07) is 7.13. The van der Waals surface area contributed by atoms with E-state index in [1.807, 2.05) is 0 Å². The van der Waals surface area contributed by atoms with Crippen molar-refractivity contribution in [2.24, 2.45) is 0 Å². The highest BCUT2D eigenvalue weighted by atomic mass is 32.2. The third kappa shape index (κ3) is 4.57. The summed E-state index contributed by atoms with van der Waals surface area (Å²) < 4.78 is 14.5. The van der Waals surface area contributed by atoms with Crippen LogP contribution in [0.3, 0.4) is 0 Å². The molecule has 0 saturated carbocycles. The Morgan fingerprint density at radius 2 is 2.06 bits per heavy atom. The molecule has 3 heterocycles. The van der Waals surface area contributed by atoms with Crippen LogP contribution in [-0.4, -0.2) is 49.6 Å². The molecular formula is C21H16FN5O4S. The van der Waals surface area contributed by atoms with E-state index in [2.05, 4.69) is 15.3 Å². The topological polar surface area (TPSA) is 114 Å². The predicted molar refractivity (Wildman–Crippen MR) is 116 cm³/mol. The molecule has 0 bridgehead atoms. The van der Waals surface area contributed by atoms with Crippen LogP contribution in [0.15, 0.2) is 58.8 Å². The summed E-state index contributed by atoms with van der Waals surface area (Å²) in [5.74, 6) is -1.54. The van der Waals surface area contributed by atoms with E-state index >= 15 is 0 Å². The van der Waals surface area contributed by atoms with Gasteiger partial charge in [0.15, 0.2) is 0 Å². The molecule has 3 amide bonds. The van der Waals surface area contributed by atoms with Crippen LogP contribution in [0.25, 0.3) is 17.0 Å². The first kappa shape index (κ1) is 21.4. The number of benzene rings is 1. The van der Waals surface area contributed by atoms with Crippen molar-refractivity contribution in [1.82, 2.24) is 24.8 Å². The molecular weight excluding hydrogens is 437 g/mol. The molecule has 1 aliphatic rings. The largest absolute Gasteiger partial charge is 0.353 e. The van der Waals surface area contributed by atoms with Crippen LogP contribution in [0.5, 0.6) is 0 Å². The molecule has 0 unspecified atom stereocenters. The highest BCUT2D eigenvalue weighted by Crippen LogP contribution is 2.31. The van der Waals surface area contributed by atoms with Crippen LogP contribution in [0.2, 0.25) is 0 Å². The van der Waals surface area contributed by atoms with E-state index in [9.17, 15) is 23.6 Å². The lowest BCUT2D eigenvalue weighted by molar-refractivity contribution is -0.124. The Kier molecular flexibility index (Phi) is 6.08. The van der Waals surface area contributed by atoms with Crippen LogP contribution >= 0.6 is 11.8 Å². The first-order valence-corrected chi connectivity index (χ1v) is 10.3. The molecule has 1 aromatic carbocycles. The second-order valence-corrected chi connectivity index (χ2v) is 7.80. The lowest BCUT2D eigenvalue weighted by Gasteiger charge is -2.13. The van der Waals surface area contributed by atoms with E-state index in [1.165, 1.54) is 18.5 Å². The second-order valence-electron chi connectivity index (χ2n) is 6.81. The van der Waals surface area contributed by atoms with Crippen LogP contribution in [0.1, 0.15) is 5.56 Å². The maximum Gasteiger partial charge on any atom is 0.293 e. The van der Waals surface area contributed by atoms with E-state index in [1.54, 1.807) is 30.6 Å². The predicted octanol–water partition coefficient (Wildman–Crippen LogP) is 1.78. The Morgan fingerprint density at radius 1 is 1.22 bits per heavy atom. The van der Waals surface area contributed by atoms with E-state index < -0.39 is 28.4 Å². The molecule has 0 radical (unpaired) electrons. The quantitative estimate of drug-likeness (QED) is 0.566. The SMILES string of the molecule is O=C(Cn1cnc2ccc(F)cc2c1=O)NCCN1C(=O)S/C(=C\c2cccnc2)C1=O. The van der Waals surface area contributed by atoms with Gasteiger partial charge in [-0.3, -0.25) is 33.6 Å². The average Bonchev–Trinajstić information content (AvgIpc) is 3.04. The molecule has 1 saturated heterocycles. The monoisotopic (exact) mass is 453 g/mol. The first-order chi connectivity index (χ1) is 15.4. The lowest BCUT2D eigenvalue weighted by atomic mass is 10.2. The van der Waals surface area contributed by atoms with Crippen molar-refractivity contribution in [2.75, 3.05) is 13.1 Å². The Hall–Kier alpha value is -3.86. The number of thioether (sulfide) groups is 1. The third-order valence-corrected chi connectivity index (χ3v) is 5.52. The van der Waals surface area contributed by atoms with Gasteiger partial charge >= 0.3 is 0 Å². The van der Waals surface area contributed by atoms with Crippen LogP contribution in [0.4, 0.5) is 9.18 Å². The number of fused-ring (bicyclic) bond motifs is 1. The summed E-state index contributed by atoms with van der Waals surface area (Å²) in [6.45, 7) is -0.334. The number of imide groups is 1. The fourth-order valence-corrected chi connectivity index (χ4v) is 3.93. The zero-order valence-corrected chi connectivity index (χ0v) is 17.3. The molecule has 9 nitrogen and oxygen atoms in total. The van der Waals surface area contributed by atoms with E-state index in [0.717, 1.165) is 27.3 Å². The lowest BCUT2D eigenvalue weighted by Crippen LogP contribution is -2.39. The fraction of sp³-hybridized carbons (Fsp3) is 0.143. The van der Waals surface area contributed by atoms with Gasteiger partial charge in [0.05, 0.1) is 22.1 Å². The summed E-state index contributed by atoms with van der Waals surface area (Å²) in [5.41, 5.74) is 0.475. The average molecular weight is 453 g/mol. The minimum absolute atomic E-state index is 0.0153. The molecule has 0 atom stereocenters. The van der Waals surface area contributed by atoms with Gasteiger partial charge in [-0.25, -0.2) is 9.37 Å². The van der Waals surface area contributed by atoms with Gasteiger partial charge in [0.2, 0.25) is 5.91 Å². The van der Waals surface area contributed by atoms with Crippen molar-refractivity contribution in [3.63, 3.8) is 0 Å². The number of pyridine rings is 1. The van der Waals surface area contributed by atoms with Crippen molar-refractivity contribution < 1.29 is 18.8 Å². The Labute approximate surface area is 185 Å². The second kappa shape index (κ2) is 9.10. The molecule has 162 valence electrons. The van der Waals surface area contributed by atoms with Crippen molar-refractivity contribution in [1.29, 1.82) is 0 Å². The molecule has 32 heavy (non-hydrogen) atoms. The van der Waals surface area contributed by atoms with Crippen molar-refractivity contribution in [3.8, 4) is 0 Å². The minimum atomic E-state index is -0.576. The number of carbonyl (C=O) groups excluding carboxylic acids is 3. The third-order valence-electron chi connectivity index (χ3n) is 4.61. The molecule has 1 fully saturated rings. The number of nitrogens with zero attached hydrogens (tertiary/aromatic N) is 4. The van der Waals surface area contributed by atoms with E-state index in [-0.39, 0.29) is 29.9 Å². The number of amides is 3. The zero-order valence-electron chi connectivity index (χ0n) is 16.5. The number of nitrogens with one attached hydrogen (secondary N) is 1. The maximum absolute atomic E-state index is 13.4. The van der Waals surface area contributed by atoms with Gasteiger partial charge < -0.3 is 5.32 Å². The summed E-state index contributed by atoms with van der Waals surface area (Å²) in [6.07, 6.45) is 5.97. The summed E-state index contributed by atoms with van der Waals surface area (Å²) in [5, 5.41) is 2.20. The van der Waals surface area contributed by atoms with Crippen LogP contribution in [0, 0.1) is 5.82 Å². The molecule has 0 aliphatic carbocycles. The molecule has 3 aromatic rings. The Morgan fingerprint density at radius 3 is 2.84 bits per heavy atom. The van der Waals surface area contributed by atoms with Gasteiger partial charge in [0.25, 0.3) is 16.7 Å². The zero-order chi connectivity index (χ0) is 22.7. The molecule has 0 spiro atoms. The Bertz CT molecular complexity index is 1310. The first-order valence-electron chi connectivity index (χ1n) is 9.49. The van der Waals surface area contributed by atoms with Crippen LogP contribution < -0.4 is 10.9 Å². The van der Waals surface area contributed by atoms with Gasteiger partial charge in [-0.05, 0) is 47.7 Å². The number of hydrogen-bond acceptors (Lipinski definition) is 7. The number of halogens is 1. The smallest absolute Gasteiger partial charge is 0.293 e. The fourth-order valence-electron chi connectivity index (χ4n) is 3.07. The van der Waals surface area contributed by atoms with Gasteiger partial charge in [-0.1, -0.05) is 6.07 Å². The number of rotatable bonds is 6. The van der Waals surface area contributed by atoms with Crippen molar-refractivity contribution in [2.45, 2.75) is 6.54 Å². The number of carbonyl (C=O) groups is 3. The van der Waals surface area contributed by atoms with Gasteiger partial charge in [0, 0.05) is 25.5 Å². The molecule has 2 aromatic heterocycles. The summed E-state index contributed by atoms with van der Waals surface area (Å²) in [7, 11) is 0. The number of aromatic nitrogens is 3. The normalized spacial score (nSPS) is 15.0. The summed E-state index contributed by atoms with van der Waals surface area (Å²) >= 11 is 0.816. The minimum Gasteiger partial charge on any atom is -0.353 e. The maximum atomic E-state index is 13.4. The van der Waals surface area contributed by atoms with Crippen molar-refractivity contribution >= 4 is 45.8 Å². The molecule has 11 heteroatoms. The van der Waals surface area contributed by atoms with Gasteiger partial charge in [0.1, 0.15) is 12.4 Å². The summed E-state index contributed by atoms with van der Waals surface area (Å²) in [4.78, 5) is 58.6. The van der Waals surface area contributed by atoms with Gasteiger partial charge in [-0.15, -0.1) is 0 Å². The molecule has 1 aliphatic heterocycles. The van der Waals surface area contributed by atoms with Gasteiger partial charge in [-0.2, -0.15) is 0 Å². The molecule has 4 rings (SSSR count). The molecule has 1 N–H and O–H groups in total. The highest BCUT2D eigenvalue weighted by molar-refractivity contribution is 8.18. The van der Waals surface area contributed by atoms with E-state index in [4.69, 9.17) is 0 Å². The van der Waals surface area contributed by atoms with E-state index in [0.29, 0.717) is 11.1 Å². The Balaban J connectivity index is 1.35. The number of hydrogen-bond donors (Lipinski definition) is 1. The van der Waals surface area contributed by atoms with Crippen LogP contribution in [-0.2, 0) is 16.1 Å². The standard InChI is InChI=1S/C21H16FN5O4S/c22-14-3-4-16-15(9-14)19(29)26(12-25-16)11-18(28)24-6-7-27-20(30)17(32-21(27)31)8-13-2-1-5-23-10-13/h1-5,8-10,12H,6-7,11H2,(H,24,28)/b17-8-. The van der Waals surface area contributed by atoms with Crippen molar-refractivity contribution in [3.05, 3.63) is 75.7 Å².